The summed E-state index contributed by atoms with van der Waals surface area (Å²) in [6.45, 7) is 3.15. The van der Waals surface area contributed by atoms with Gasteiger partial charge in [-0.1, -0.05) is 17.7 Å². The number of fused-ring (bicyclic) bond motifs is 1. The van der Waals surface area contributed by atoms with Crippen LogP contribution in [-0.4, -0.2) is 36.1 Å². The van der Waals surface area contributed by atoms with E-state index in [9.17, 15) is 0 Å². The molecule has 96 valence electrons. The minimum absolute atomic E-state index is 0.423. The zero-order valence-electron chi connectivity index (χ0n) is 10.8. The van der Waals surface area contributed by atoms with E-state index in [-0.39, 0.29) is 0 Å². The SMILES string of the molecule is CN1CCNCC1c1cc2c(Cl)cccc2n1C. The Labute approximate surface area is 112 Å². The van der Waals surface area contributed by atoms with Gasteiger partial charge >= 0.3 is 0 Å². The maximum atomic E-state index is 6.28. The van der Waals surface area contributed by atoms with Crippen LogP contribution in [0.3, 0.4) is 0 Å². The van der Waals surface area contributed by atoms with Crippen molar-refractivity contribution < 1.29 is 0 Å². The van der Waals surface area contributed by atoms with E-state index >= 15 is 0 Å². The lowest BCUT2D eigenvalue weighted by molar-refractivity contribution is 0.196. The molecule has 0 saturated carbocycles. The van der Waals surface area contributed by atoms with Gasteiger partial charge in [0.2, 0.25) is 0 Å². The lowest BCUT2D eigenvalue weighted by atomic mass is 10.1. The van der Waals surface area contributed by atoms with Crippen molar-refractivity contribution in [2.75, 3.05) is 26.7 Å². The Bertz CT molecular complexity index is 576. The predicted molar refractivity (Wildman–Crippen MR) is 76.2 cm³/mol. The molecule has 1 fully saturated rings. The van der Waals surface area contributed by atoms with E-state index in [0.717, 1.165) is 30.0 Å². The summed E-state index contributed by atoms with van der Waals surface area (Å²) in [5, 5.41) is 5.44. The highest BCUT2D eigenvalue weighted by atomic mass is 35.5. The highest BCUT2D eigenvalue weighted by molar-refractivity contribution is 6.35. The maximum absolute atomic E-state index is 6.28. The van der Waals surface area contributed by atoms with Crippen molar-refractivity contribution in [3.8, 4) is 0 Å². The summed E-state index contributed by atoms with van der Waals surface area (Å²) in [5.74, 6) is 0. The molecule has 0 aliphatic carbocycles. The quantitative estimate of drug-likeness (QED) is 0.853. The first kappa shape index (κ1) is 12.0. The van der Waals surface area contributed by atoms with Gasteiger partial charge in [0.05, 0.1) is 6.04 Å². The van der Waals surface area contributed by atoms with Crippen molar-refractivity contribution in [3.63, 3.8) is 0 Å². The molecule has 3 rings (SSSR count). The molecule has 1 saturated heterocycles. The third-order valence-electron chi connectivity index (χ3n) is 3.92. The first-order valence-electron chi connectivity index (χ1n) is 6.33. The molecular weight excluding hydrogens is 246 g/mol. The molecule has 1 atom stereocenters. The second kappa shape index (κ2) is 4.57. The Morgan fingerprint density at radius 3 is 2.89 bits per heavy atom. The first-order valence-corrected chi connectivity index (χ1v) is 6.71. The summed E-state index contributed by atoms with van der Waals surface area (Å²) in [7, 11) is 4.31. The van der Waals surface area contributed by atoms with Crippen LogP contribution in [0.25, 0.3) is 10.9 Å². The van der Waals surface area contributed by atoms with Gasteiger partial charge in [-0.15, -0.1) is 0 Å². The molecule has 1 aliphatic rings. The molecule has 1 N–H and O–H groups in total. The van der Waals surface area contributed by atoms with Crippen LogP contribution in [0.1, 0.15) is 11.7 Å². The van der Waals surface area contributed by atoms with Crippen molar-refractivity contribution in [3.05, 3.63) is 35.0 Å². The molecule has 0 bridgehead atoms. The Morgan fingerprint density at radius 2 is 2.17 bits per heavy atom. The Kier molecular flexibility index (Phi) is 3.06. The average molecular weight is 264 g/mol. The van der Waals surface area contributed by atoms with Gasteiger partial charge in [0.25, 0.3) is 0 Å². The highest BCUT2D eigenvalue weighted by Gasteiger charge is 2.23. The van der Waals surface area contributed by atoms with Crippen LogP contribution in [-0.2, 0) is 7.05 Å². The summed E-state index contributed by atoms with van der Waals surface area (Å²) in [6.07, 6.45) is 0. The van der Waals surface area contributed by atoms with Gasteiger partial charge in [-0.05, 0) is 25.2 Å². The number of hydrogen-bond acceptors (Lipinski definition) is 2. The number of hydrogen-bond donors (Lipinski definition) is 1. The molecule has 0 amide bonds. The van der Waals surface area contributed by atoms with E-state index in [1.807, 2.05) is 12.1 Å². The number of likely N-dealkylation sites (N-methyl/N-ethyl adjacent to an activating group) is 1. The summed E-state index contributed by atoms with van der Waals surface area (Å²) in [4.78, 5) is 2.40. The van der Waals surface area contributed by atoms with Crippen molar-refractivity contribution in [2.45, 2.75) is 6.04 Å². The van der Waals surface area contributed by atoms with Gasteiger partial charge in [0.15, 0.2) is 0 Å². The molecule has 0 radical (unpaired) electrons. The normalized spacial score (nSPS) is 21.6. The molecule has 1 aromatic carbocycles. The number of nitrogens with zero attached hydrogens (tertiary/aromatic N) is 2. The first-order chi connectivity index (χ1) is 8.68. The summed E-state index contributed by atoms with van der Waals surface area (Å²) < 4.78 is 2.26. The van der Waals surface area contributed by atoms with Gasteiger partial charge in [0.1, 0.15) is 0 Å². The van der Waals surface area contributed by atoms with Crippen molar-refractivity contribution >= 4 is 22.5 Å². The lowest BCUT2D eigenvalue weighted by Crippen LogP contribution is -2.44. The fraction of sp³-hybridized carbons (Fsp3) is 0.429. The predicted octanol–water partition coefficient (Wildman–Crippen LogP) is 2.41. The molecule has 3 nitrogen and oxygen atoms in total. The average Bonchev–Trinajstić information content (AvgIpc) is 2.70. The maximum Gasteiger partial charge on any atom is 0.0624 e. The molecule has 2 aromatic rings. The largest absolute Gasteiger partial charge is 0.346 e. The van der Waals surface area contributed by atoms with E-state index in [1.54, 1.807) is 0 Å². The molecule has 1 unspecified atom stereocenters. The second-order valence-corrected chi connectivity index (χ2v) is 5.41. The Hall–Kier alpha value is -1.03. The molecule has 2 heterocycles. The summed E-state index contributed by atoms with van der Waals surface area (Å²) >= 11 is 6.28. The van der Waals surface area contributed by atoms with E-state index < -0.39 is 0 Å². The van der Waals surface area contributed by atoms with Crippen LogP contribution in [0.15, 0.2) is 24.3 Å². The zero-order valence-corrected chi connectivity index (χ0v) is 11.5. The highest BCUT2D eigenvalue weighted by Crippen LogP contribution is 2.31. The van der Waals surface area contributed by atoms with E-state index in [2.05, 4.69) is 41.0 Å². The third-order valence-corrected chi connectivity index (χ3v) is 4.25. The lowest BCUT2D eigenvalue weighted by Gasteiger charge is -2.33. The molecule has 1 aliphatic heterocycles. The smallest absolute Gasteiger partial charge is 0.0624 e. The van der Waals surface area contributed by atoms with E-state index in [1.165, 1.54) is 11.2 Å². The van der Waals surface area contributed by atoms with Gasteiger partial charge < -0.3 is 9.88 Å². The molecule has 18 heavy (non-hydrogen) atoms. The van der Waals surface area contributed by atoms with Crippen molar-refractivity contribution in [2.24, 2.45) is 7.05 Å². The second-order valence-electron chi connectivity index (χ2n) is 5.00. The van der Waals surface area contributed by atoms with Crippen LogP contribution in [0.2, 0.25) is 5.02 Å². The Balaban J connectivity index is 2.11. The van der Waals surface area contributed by atoms with Crippen LogP contribution in [0.4, 0.5) is 0 Å². The number of benzene rings is 1. The summed E-state index contributed by atoms with van der Waals surface area (Å²) in [6, 6.07) is 8.74. The number of aryl methyl sites for hydroxylation is 1. The van der Waals surface area contributed by atoms with Crippen LogP contribution in [0.5, 0.6) is 0 Å². The minimum Gasteiger partial charge on any atom is -0.346 e. The molecular formula is C14H18ClN3. The van der Waals surface area contributed by atoms with Gasteiger partial charge in [-0.2, -0.15) is 0 Å². The molecule has 4 heteroatoms. The third kappa shape index (κ3) is 1.83. The number of aromatic nitrogens is 1. The van der Waals surface area contributed by atoms with Gasteiger partial charge in [-0.25, -0.2) is 0 Å². The fourth-order valence-corrected chi connectivity index (χ4v) is 3.02. The topological polar surface area (TPSA) is 20.2 Å². The number of piperazine rings is 1. The van der Waals surface area contributed by atoms with Gasteiger partial charge in [0, 0.05) is 48.3 Å². The monoisotopic (exact) mass is 263 g/mol. The number of rotatable bonds is 1. The Morgan fingerprint density at radius 1 is 1.33 bits per heavy atom. The number of nitrogens with one attached hydrogen (secondary N) is 1. The van der Waals surface area contributed by atoms with E-state index in [0.29, 0.717) is 6.04 Å². The standard InChI is InChI=1S/C14H18ClN3/c1-17-7-6-16-9-14(17)13-8-10-11(15)4-3-5-12(10)18(13)2/h3-5,8,14,16H,6-7,9H2,1-2H3. The van der Waals surface area contributed by atoms with Crippen molar-refractivity contribution in [1.82, 2.24) is 14.8 Å². The van der Waals surface area contributed by atoms with Crippen LogP contribution in [0, 0.1) is 0 Å². The van der Waals surface area contributed by atoms with Crippen molar-refractivity contribution in [1.29, 1.82) is 0 Å². The van der Waals surface area contributed by atoms with Crippen LogP contribution >= 0.6 is 11.6 Å². The van der Waals surface area contributed by atoms with Crippen LogP contribution < -0.4 is 5.32 Å². The fourth-order valence-electron chi connectivity index (χ4n) is 2.80. The minimum atomic E-state index is 0.423. The zero-order chi connectivity index (χ0) is 12.7. The molecule has 1 aromatic heterocycles. The summed E-state index contributed by atoms with van der Waals surface area (Å²) in [5.41, 5.74) is 2.53. The van der Waals surface area contributed by atoms with Gasteiger partial charge in [-0.3, -0.25) is 4.90 Å². The molecule has 0 spiro atoms. The number of halogens is 1. The van der Waals surface area contributed by atoms with E-state index in [4.69, 9.17) is 11.6 Å².